The SMILES string of the molecule is O=C(/C=C/c1cnccc1-c1cn[nH]c1)Nc1ccc(CN2CCC(C(O)O)CC2)cc1. The van der Waals surface area contributed by atoms with Gasteiger partial charge in [0.1, 0.15) is 0 Å². The molecule has 8 nitrogen and oxygen atoms in total. The number of H-pyrrole nitrogens is 1. The lowest BCUT2D eigenvalue weighted by atomic mass is 9.96. The molecule has 1 saturated heterocycles. The number of aliphatic hydroxyl groups excluding tert-OH is 1. The highest BCUT2D eigenvalue weighted by Crippen LogP contribution is 2.23. The molecule has 3 heterocycles. The second-order valence-electron chi connectivity index (χ2n) is 8.00. The molecule has 0 spiro atoms. The minimum absolute atomic E-state index is 0.0284. The zero-order chi connectivity index (χ0) is 22.3. The summed E-state index contributed by atoms with van der Waals surface area (Å²) in [6, 6.07) is 9.68. The number of carbonyl (C=O) groups excluding carboxylic acids is 1. The Balaban J connectivity index is 1.31. The number of piperidine rings is 1. The average molecular weight is 434 g/mol. The van der Waals surface area contributed by atoms with E-state index in [2.05, 4.69) is 25.4 Å². The van der Waals surface area contributed by atoms with Gasteiger partial charge in [0, 0.05) is 53.9 Å². The smallest absolute Gasteiger partial charge is 0.248 e. The summed E-state index contributed by atoms with van der Waals surface area (Å²) >= 11 is 0. The molecule has 1 aliphatic rings. The molecule has 1 fully saturated rings. The van der Waals surface area contributed by atoms with Crippen molar-refractivity contribution in [2.45, 2.75) is 25.7 Å². The van der Waals surface area contributed by atoms with Crippen LogP contribution in [0.5, 0.6) is 0 Å². The molecule has 0 saturated carbocycles. The van der Waals surface area contributed by atoms with Crippen LogP contribution < -0.4 is 5.32 Å². The van der Waals surface area contributed by atoms with Crippen molar-refractivity contribution in [3.05, 3.63) is 72.3 Å². The third kappa shape index (κ3) is 5.67. The first-order valence-corrected chi connectivity index (χ1v) is 10.7. The third-order valence-corrected chi connectivity index (χ3v) is 5.76. The van der Waals surface area contributed by atoms with E-state index in [9.17, 15) is 15.0 Å². The number of nitrogens with zero attached hydrogens (tertiary/aromatic N) is 3. The summed E-state index contributed by atoms with van der Waals surface area (Å²) in [6.45, 7) is 2.50. The number of anilines is 1. The summed E-state index contributed by atoms with van der Waals surface area (Å²) in [5, 5.41) is 28.3. The molecule has 2 aromatic heterocycles. The highest BCUT2D eigenvalue weighted by molar-refractivity contribution is 6.02. The van der Waals surface area contributed by atoms with E-state index in [1.165, 1.54) is 6.08 Å². The first kappa shape index (κ1) is 21.9. The Kier molecular flexibility index (Phi) is 7.06. The molecule has 0 atom stereocenters. The van der Waals surface area contributed by atoms with Crippen LogP contribution in [0.2, 0.25) is 0 Å². The van der Waals surface area contributed by atoms with Crippen LogP contribution in [0.15, 0.2) is 61.2 Å². The van der Waals surface area contributed by atoms with Crippen LogP contribution >= 0.6 is 0 Å². The summed E-state index contributed by atoms with van der Waals surface area (Å²) in [7, 11) is 0. The Morgan fingerprint density at radius 1 is 1.19 bits per heavy atom. The molecule has 0 unspecified atom stereocenters. The maximum Gasteiger partial charge on any atom is 0.248 e. The van der Waals surface area contributed by atoms with Crippen LogP contribution in [0.3, 0.4) is 0 Å². The van der Waals surface area contributed by atoms with Crippen molar-refractivity contribution in [3.63, 3.8) is 0 Å². The molecule has 1 amide bonds. The predicted molar refractivity (Wildman–Crippen MR) is 122 cm³/mol. The average Bonchev–Trinajstić information content (AvgIpc) is 3.34. The molecule has 1 aliphatic heterocycles. The Bertz CT molecular complexity index is 1040. The number of carbonyl (C=O) groups is 1. The van der Waals surface area contributed by atoms with E-state index in [-0.39, 0.29) is 11.8 Å². The van der Waals surface area contributed by atoms with Gasteiger partial charge in [-0.3, -0.25) is 19.8 Å². The van der Waals surface area contributed by atoms with E-state index >= 15 is 0 Å². The lowest BCUT2D eigenvalue weighted by Gasteiger charge is -2.32. The molecule has 32 heavy (non-hydrogen) atoms. The van der Waals surface area contributed by atoms with E-state index in [1.807, 2.05) is 30.3 Å². The molecular formula is C24H27N5O3. The Hall–Kier alpha value is -3.33. The number of likely N-dealkylation sites (tertiary alicyclic amines) is 1. The van der Waals surface area contributed by atoms with Crippen molar-refractivity contribution < 1.29 is 15.0 Å². The van der Waals surface area contributed by atoms with Crippen molar-refractivity contribution in [1.82, 2.24) is 20.1 Å². The number of hydrogen-bond donors (Lipinski definition) is 4. The van der Waals surface area contributed by atoms with Gasteiger partial charge in [-0.25, -0.2) is 0 Å². The second kappa shape index (κ2) is 10.3. The largest absolute Gasteiger partial charge is 0.368 e. The van der Waals surface area contributed by atoms with Crippen LogP contribution in [-0.2, 0) is 11.3 Å². The topological polar surface area (TPSA) is 114 Å². The molecule has 0 bridgehead atoms. The molecule has 4 N–H and O–H groups in total. The molecule has 166 valence electrons. The van der Waals surface area contributed by atoms with Gasteiger partial charge >= 0.3 is 0 Å². The van der Waals surface area contributed by atoms with Crippen molar-refractivity contribution >= 4 is 17.7 Å². The number of aromatic nitrogens is 3. The van der Waals surface area contributed by atoms with E-state index in [4.69, 9.17) is 0 Å². The first-order chi connectivity index (χ1) is 15.6. The summed E-state index contributed by atoms with van der Waals surface area (Å²) in [5.41, 5.74) is 4.59. The van der Waals surface area contributed by atoms with Crippen LogP contribution in [0.1, 0.15) is 24.0 Å². The number of aromatic amines is 1. The fourth-order valence-corrected chi connectivity index (χ4v) is 3.91. The van der Waals surface area contributed by atoms with Gasteiger partial charge in [-0.2, -0.15) is 5.10 Å². The molecule has 1 aromatic carbocycles. The van der Waals surface area contributed by atoms with Gasteiger partial charge in [-0.1, -0.05) is 12.1 Å². The molecule has 4 rings (SSSR count). The summed E-state index contributed by atoms with van der Waals surface area (Å²) in [6.07, 6.45) is 10.5. The van der Waals surface area contributed by atoms with Crippen molar-refractivity contribution in [1.29, 1.82) is 0 Å². The molecular weight excluding hydrogens is 406 g/mol. The Morgan fingerprint density at radius 2 is 1.97 bits per heavy atom. The fourth-order valence-electron chi connectivity index (χ4n) is 3.91. The van der Waals surface area contributed by atoms with Crippen molar-refractivity contribution in [2.24, 2.45) is 5.92 Å². The van der Waals surface area contributed by atoms with E-state index in [0.717, 1.165) is 60.4 Å². The van der Waals surface area contributed by atoms with E-state index in [1.54, 1.807) is 30.9 Å². The Morgan fingerprint density at radius 3 is 2.66 bits per heavy atom. The van der Waals surface area contributed by atoms with Gasteiger partial charge < -0.3 is 15.5 Å². The Labute approximate surface area is 186 Å². The maximum absolute atomic E-state index is 12.4. The number of benzene rings is 1. The number of amides is 1. The summed E-state index contributed by atoms with van der Waals surface area (Å²) < 4.78 is 0. The predicted octanol–water partition coefficient (Wildman–Crippen LogP) is 2.65. The quantitative estimate of drug-likeness (QED) is 0.336. The molecule has 8 heteroatoms. The van der Waals surface area contributed by atoms with E-state index in [0.29, 0.717) is 0 Å². The monoisotopic (exact) mass is 433 g/mol. The lowest BCUT2D eigenvalue weighted by Crippen LogP contribution is -2.37. The van der Waals surface area contributed by atoms with Gasteiger partial charge in [0.25, 0.3) is 0 Å². The molecule has 3 aromatic rings. The lowest BCUT2D eigenvalue weighted by molar-refractivity contribution is -0.111. The number of hydrogen-bond acceptors (Lipinski definition) is 6. The van der Waals surface area contributed by atoms with Crippen molar-refractivity contribution in [2.75, 3.05) is 18.4 Å². The van der Waals surface area contributed by atoms with Gasteiger partial charge in [-0.05, 0) is 61.3 Å². The zero-order valence-corrected chi connectivity index (χ0v) is 17.7. The van der Waals surface area contributed by atoms with Gasteiger partial charge in [0.15, 0.2) is 6.29 Å². The fraction of sp³-hybridized carbons (Fsp3) is 0.292. The van der Waals surface area contributed by atoms with Gasteiger partial charge in [0.2, 0.25) is 5.91 Å². The first-order valence-electron chi connectivity index (χ1n) is 10.7. The number of pyridine rings is 1. The highest BCUT2D eigenvalue weighted by atomic mass is 16.5. The van der Waals surface area contributed by atoms with Gasteiger partial charge in [0.05, 0.1) is 6.20 Å². The standard InChI is InChI=1S/C24H27N5O3/c30-23(6-3-19-13-25-10-7-22(19)20-14-26-27-15-20)28-21-4-1-17(2-5-21)16-29-11-8-18(9-12-29)24(31)32/h1-7,10,13-15,18,24,31-32H,8-9,11-12,16H2,(H,26,27)(H,28,30)/b6-3+. The third-order valence-electron chi connectivity index (χ3n) is 5.76. The van der Waals surface area contributed by atoms with Crippen LogP contribution in [-0.4, -0.2) is 55.6 Å². The second-order valence-corrected chi connectivity index (χ2v) is 8.00. The van der Waals surface area contributed by atoms with E-state index < -0.39 is 6.29 Å². The van der Waals surface area contributed by atoms with Crippen LogP contribution in [0, 0.1) is 5.92 Å². The normalized spacial score (nSPS) is 15.5. The highest BCUT2D eigenvalue weighted by Gasteiger charge is 2.23. The minimum atomic E-state index is -1.22. The van der Waals surface area contributed by atoms with Gasteiger partial charge in [-0.15, -0.1) is 0 Å². The number of aliphatic hydroxyl groups is 2. The van der Waals surface area contributed by atoms with Crippen LogP contribution in [0.4, 0.5) is 5.69 Å². The number of nitrogens with one attached hydrogen (secondary N) is 2. The van der Waals surface area contributed by atoms with Crippen molar-refractivity contribution in [3.8, 4) is 11.1 Å². The minimum Gasteiger partial charge on any atom is -0.368 e. The maximum atomic E-state index is 12.4. The molecule has 0 radical (unpaired) electrons. The summed E-state index contributed by atoms with van der Waals surface area (Å²) in [5.74, 6) is -0.247. The number of rotatable bonds is 7. The zero-order valence-electron chi connectivity index (χ0n) is 17.7. The van der Waals surface area contributed by atoms with Crippen LogP contribution in [0.25, 0.3) is 17.2 Å². The molecule has 0 aliphatic carbocycles. The summed E-state index contributed by atoms with van der Waals surface area (Å²) in [4.78, 5) is 18.8.